The zero-order valence-corrected chi connectivity index (χ0v) is 19.8. The molecule has 0 aliphatic carbocycles. The summed E-state index contributed by atoms with van der Waals surface area (Å²) in [5.41, 5.74) is 3.37. The Balaban J connectivity index is 1.37. The van der Waals surface area contributed by atoms with Crippen LogP contribution in [0.15, 0.2) is 72.8 Å². The van der Waals surface area contributed by atoms with Crippen LogP contribution in [0.3, 0.4) is 0 Å². The summed E-state index contributed by atoms with van der Waals surface area (Å²) in [4.78, 5) is 27.4. The molecule has 1 saturated heterocycles. The highest BCUT2D eigenvalue weighted by Gasteiger charge is 2.25. The molecule has 3 aromatic carbocycles. The molecule has 34 heavy (non-hydrogen) atoms. The number of carbonyl (C=O) groups is 2. The average molecular weight is 478 g/mol. The second-order valence-electron chi connectivity index (χ2n) is 8.38. The highest BCUT2D eigenvalue weighted by atomic mass is 35.5. The van der Waals surface area contributed by atoms with Crippen LogP contribution in [0.1, 0.15) is 40.2 Å². The first-order chi connectivity index (χ1) is 16.5. The molecule has 3 aromatic rings. The number of ether oxygens (including phenoxy) is 1. The summed E-state index contributed by atoms with van der Waals surface area (Å²) in [5, 5.41) is 6.54. The van der Waals surface area contributed by atoms with Crippen molar-refractivity contribution in [1.29, 1.82) is 0 Å². The Labute approximate surface area is 204 Å². The minimum Gasteiger partial charge on any atom is -0.497 e. The van der Waals surface area contributed by atoms with E-state index in [-0.39, 0.29) is 17.9 Å². The number of halogens is 1. The molecule has 0 bridgehead atoms. The van der Waals surface area contributed by atoms with E-state index >= 15 is 0 Å². The van der Waals surface area contributed by atoms with E-state index < -0.39 is 0 Å². The number of methoxy groups -OCH3 is 1. The van der Waals surface area contributed by atoms with Crippen LogP contribution in [0.2, 0.25) is 5.02 Å². The van der Waals surface area contributed by atoms with Gasteiger partial charge in [0, 0.05) is 41.8 Å². The average Bonchev–Trinajstić information content (AvgIpc) is 2.89. The Hall–Kier alpha value is -3.51. The minimum absolute atomic E-state index is 0.126. The quantitative estimate of drug-likeness (QED) is 0.479. The number of likely N-dealkylation sites (tertiary alicyclic amines) is 1. The lowest BCUT2D eigenvalue weighted by Crippen LogP contribution is -2.41. The zero-order chi connectivity index (χ0) is 23.9. The number of urea groups is 1. The molecule has 1 aliphatic heterocycles. The maximum absolute atomic E-state index is 12.8. The van der Waals surface area contributed by atoms with E-state index in [9.17, 15) is 9.59 Å². The fraction of sp³-hybridized carbons (Fsp3) is 0.259. The number of hydrogen-bond donors (Lipinski definition) is 2. The minimum atomic E-state index is -0.127. The van der Waals surface area contributed by atoms with Crippen LogP contribution in [0, 0.1) is 0 Å². The van der Waals surface area contributed by atoms with E-state index in [1.165, 1.54) is 0 Å². The van der Waals surface area contributed by atoms with Crippen molar-refractivity contribution in [3.05, 3.63) is 94.5 Å². The normalized spacial score (nSPS) is 15.5. The number of benzene rings is 3. The summed E-state index contributed by atoms with van der Waals surface area (Å²) in [7, 11) is 1.62. The molecule has 2 N–H and O–H groups in total. The number of hydrogen-bond acceptors (Lipinski definition) is 3. The third-order valence-corrected chi connectivity index (χ3v) is 6.26. The topological polar surface area (TPSA) is 70.7 Å². The monoisotopic (exact) mass is 477 g/mol. The molecule has 1 atom stereocenters. The summed E-state index contributed by atoms with van der Waals surface area (Å²) < 4.78 is 5.24. The lowest BCUT2D eigenvalue weighted by Gasteiger charge is -2.33. The van der Waals surface area contributed by atoms with Gasteiger partial charge in [0.05, 0.1) is 7.11 Å². The first-order valence-electron chi connectivity index (χ1n) is 11.3. The number of carbonyl (C=O) groups excluding carboxylic acids is 2. The second-order valence-corrected chi connectivity index (χ2v) is 8.82. The molecular formula is C27H28ClN3O3. The van der Waals surface area contributed by atoms with Crippen LogP contribution in [-0.2, 0) is 6.54 Å². The largest absolute Gasteiger partial charge is 0.497 e. The lowest BCUT2D eigenvalue weighted by molar-refractivity contribution is 0.0950. The first kappa shape index (κ1) is 23.6. The predicted molar refractivity (Wildman–Crippen MR) is 135 cm³/mol. The molecule has 0 saturated carbocycles. The van der Waals surface area contributed by atoms with Gasteiger partial charge in [-0.25, -0.2) is 4.79 Å². The molecule has 0 aromatic heterocycles. The molecule has 1 heterocycles. The number of nitrogens with zero attached hydrogens (tertiary/aromatic N) is 1. The van der Waals surface area contributed by atoms with E-state index in [1.807, 2.05) is 53.4 Å². The molecule has 1 unspecified atom stereocenters. The standard InChI is InChI=1S/C27H28ClN3O3/c1-34-25-9-2-5-19(15-25)17-29-26(32)21-7-3-6-20(16-21)22-8-4-14-31(18-22)27(33)30-24-12-10-23(28)11-13-24/h2-3,5-7,9-13,15-16,22H,4,8,14,17-18H2,1H3,(H,29,32)(H,30,33). The second kappa shape index (κ2) is 11.1. The SMILES string of the molecule is COc1cccc(CNC(=O)c2cccc(C3CCCN(C(=O)Nc4ccc(Cl)cc4)C3)c2)c1. The lowest BCUT2D eigenvalue weighted by atomic mass is 9.89. The smallest absolute Gasteiger partial charge is 0.321 e. The molecule has 7 heteroatoms. The van der Waals surface area contributed by atoms with Gasteiger partial charge in [-0.15, -0.1) is 0 Å². The van der Waals surface area contributed by atoms with E-state index in [0.29, 0.717) is 35.9 Å². The van der Waals surface area contributed by atoms with Gasteiger partial charge < -0.3 is 20.3 Å². The Morgan fingerprint density at radius 2 is 1.85 bits per heavy atom. The molecule has 0 radical (unpaired) electrons. The van der Waals surface area contributed by atoms with Crippen LogP contribution in [-0.4, -0.2) is 37.0 Å². The van der Waals surface area contributed by atoms with Gasteiger partial charge >= 0.3 is 6.03 Å². The summed E-state index contributed by atoms with van der Waals surface area (Å²) in [6, 6.07) is 22.3. The van der Waals surface area contributed by atoms with Gasteiger partial charge in [0.2, 0.25) is 0 Å². The summed E-state index contributed by atoms with van der Waals surface area (Å²) in [6.45, 7) is 1.73. The van der Waals surface area contributed by atoms with Gasteiger partial charge in [-0.3, -0.25) is 4.79 Å². The fourth-order valence-corrected chi connectivity index (χ4v) is 4.30. The fourth-order valence-electron chi connectivity index (χ4n) is 4.17. The van der Waals surface area contributed by atoms with Gasteiger partial charge in [0.1, 0.15) is 5.75 Å². The van der Waals surface area contributed by atoms with Gasteiger partial charge in [-0.1, -0.05) is 35.9 Å². The maximum Gasteiger partial charge on any atom is 0.321 e. The molecule has 1 fully saturated rings. The molecule has 4 rings (SSSR count). The molecule has 0 spiro atoms. The van der Waals surface area contributed by atoms with Crippen molar-refractivity contribution in [2.45, 2.75) is 25.3 Å². The van der Waals surface area contributed by atoms with Crippen LogP contribution in [0.5, 0.6) is 5.75 Å². The van der Waals surface area contributed by atoms with Gasteiger partial charge in [0.15, 0.2) is 0 Å². The highest BCUT2D eigenvalue weighted by molar-refractivity contribution is 6.30. The van der Waals surface area contributed by atoms with Gasteiger partial charge in [0.25, 0.3) is 5.91 Å². The van der Waals surface area contributed by atoms with Crippen LogP contribution in [0.25, 0.3) is 0 Å². The van der Waals surface area contributed by atoms with E-state index in [0.717, 1.165) is 29.7 Å². The number of anilines is 1. The third kappa shape index (κ3) is 6.08. The van der Waals surface area contributed by atoms with Crippen LogP contribution >= 0.6 is 11.6 Å². The van der Waals surface area contributed by atoms with Crippen LogP contribution in [0.4, 0.5) is 10.5 Å². The maximum atomic E-state index is 12.8. The molecule has 176 valence electrons. The Morgan fingerprint density at radius 3 is 2.65 bits per heavy atom. The molecule has 3 amide bonds. The van der Waals surface area contributed by atoms with Crippen molar-refractivity contribution >= 4 is 29.2 Å². The van der Waals surface area contributed by atoms with Gasteiger partial charge in [-0.05, 0) is 72.5 Å². The summed E-state index contributed by atoms with van der Waals surface area (Å²) in [5.74, 6) is 0.810. The van der Waals surface area contributed by atoms with Crippen molar-refractivity contribution in [1.82, 2.24) is 10.2 Å². The van der Waals surface area contributed by atoms with Crippen LogP contribution < -0.4 is 15.4 Å². The summed E-state index contributed by atoms with van der Waals surface area (Å²) >= 11 is 5.93. The Morgan fingerprint density at radius 1 is 1.06 bits per heavy atom. The Bertz CT molecular complexity index is 1150. The van der Waals surface area contributed by atoms with E-state index in [1.54, 1.807) is 31.4 Å². The van der Waals surface area contributed by atoms with Crippen molar-refractivity contribution in [2.24, 2.45) is 0 Å². The molecular weight excluding hydrogens is 450 g/mol. The number of amides is 3. The first-order valence-corrected chi connectivity index (χ1v) is 11.7. The molecule has 1 aliphatic rings. The number of piperidine rings is 1. The summed E-state index contributed by atoms with van der Waals surface area (Å²) in [6.07, 6.45) is 1.88. The van der Waals surface area contributed by atoms with Crippen molar-refractivity contribution in [2.75, 3.05) is 25.5 Å². The highest BCUT2D eigenvalue weighted by Crippen LogP contribution is 2.28. The van der Waals surface area contributed by atoms with Crippen molar-refractivity contribution in [3.63, 3.8) is 0 Å². The van der Waals surface area contributed by atoms with E-state index in [2.05, 4.69) is 10.6 Å². The number of rotatable bonds is 6. The van der Waals surface area contributed by atoms with Crippen molar-refractivity contribution < 1.29 is 14.3 Å². The third-order valence-electron chi connectivity index (χ3n) is 6.01. The van der Waals surface area contributed by atoms with Crippen molar-refractivity contribution in [3.8, 4) is 5.75 Å². The van der Waals surface area contributed by atoms with E-state index in [4.69, 9.17) is 16.3 Å². The molecule has 6 nitrogen and oxygen atoms in total. The number of nitrogens with one attached hydrogen (secondary N) is 2. The van der Waals surface area contributed by atoms with Gasteiger partial charge in [-0.2, -0.15) is 0 Å². The zero-order valence-electron chi connectivity index (χ0n) is 19.1. The Kier molecular flexibility index (Phi) is 7.70. The predicted octanol–water partition coefficient (Wildman–Crippen LogP) is 5.69.